The Hall–Kier alpha value is -4.26. The summed E-state index contributed by atoms with van der Waals surface area (Å²) in [4.78, 5) is 28.3. The van der Waals surface area contributed by atoms with E-state index in [0.29, 0.717) is 34.1 Å². The van der Waals surface area contributed by atoms with E-state index in [-0.39, 0.29) is 18.1 Å². The molecule has 0 aromatic heterocycles. The number of rotatable bonds is 4. The predicted octanol–water partition coefficient (Wildman–Crippen LogP) is 4.98. The lowest BCUT2D eigenvalue weighted by molar-refractivity contribution is -0.132. The quantitative estimate of drug-likeness (QED) is 0.328. The average Bonchev–Trinajstić information content (AvgIpc) is 3.40. The molecular formula is C28H25NO6. The molecule has 1 unspecified atom stereocenters. The number of amides is 1. The fourth-order valence-electron chi connectivity index (χ4n) is 4.84. The number of ketones is 1. The summed E-state index contributed by atoms with van der Waals surface area (Å²) in [6.45, 7) is 5.78. The van der Waals surface area contributed by atoms with Crippen LogP contribution in [0.2, 0.25) is 0 Å². The number of fused-ring (bicyclic) bond motifs is 1. The molecular weight excluding hydrogens is 446 g/mol. The van der Waals surface area contributed by atoms with Gasteiger partial charge in [-0.05, 0) is 55.7 Å². The topological polar surface area (TPSA) is 85.3 Å². The van der Waals surface area contributed by atoms with Crippen LogP contribution in [0.1, 0.15) is 33.9 Å². The molecule has 7 nitrogen and oxygen atoms in total. The smallest absolute Gasteiger partial charge is 0.300 e. The van der Waals surface area contributed by atoms with Crippen LogP contribution >= 0.6 is 0 Å². The van der Waals surface area contributed by atoms with Gasteiger partial charge in [-0.2, -0.15) is 0 Å². The summed E-state index contributed by atoms with van der Waals surface area (Å²) < 4.78 is 16.5. The normalized spacial score (nSPS) is 18.3. The van der Waals surface area contributed by atoms with E-state index in [0.717, 1.165) is 16.7 Å². The molecule has 0 spiro atoms. The molecule has 0 aliphatic carbocycles. The molecule has 5 rings (SSSR count). The van der Waals surface area contributed by atoms with Crippen molar-refractivity contribution in [2.75, 3.05) is 18.8 Å². The van der Waals surface area contributed by atoms with Crippen LogP contribution in [0, 0.1) is 20.8 Å². The van der Waals surface area contributed by atoms with Crippen molar-refractivity contribution in [1.29, 1.82) is 0 Å². The first-order valence-corrected chi connectivity index (χ1v) is 11.2. The zero-order valence-electron chi connectivity index (χ0n) is 19.9. The third kappa shape index (κ3) is 3.69. The average molecular weight is 472 g/mol. The van der Waals surface area contributed by atoms with Crippen LogP contribution in [-0.4, -0.2) is 30.7 Å². The maximum Gasteiger partial charge on any atom is 0.300 e. The number of hydrogen-bond acceptors (Lipinski definition) is 6. The van der Waals surface area contributed by atoms with Crippen molar-refractivity contribution in [3.05, 3.63) is 88.0 Å². The van der Waals surface area contributed by atoms with E-state index in [4.69, 9.17) is 14.2 Å². The van der Waals surface area contributed by atoms with Gasteiger partial charge in [-0.1, -0.05) is 35.9 Å². The number of aryl methyl sites for hydroxylation is 3. The molecule has 1 saturated heterocycles. The maximum absolute atomic E-state index is 13.5. The van der Waals surface area contributed by atoms with E-state index in [2.05, 4.69) is 0 Å². The summed E-state index contributed by atoms with van der Waals surface area (Å²) in [5.74, 6) is -0.277. The van der Waals surface area contributed by atoms with Gasteiger partial charge in [0.15, 0.2) is 11.5 Å². The second kappa shape index (κ2) is 8.51. The van der Waals surface area contributed by atoms with Gasteiger partial charge in [0.2, 0.25) is 6.79 Å². The van der Waals surface area contributed by atoms with Crippen molar-refractivity contribution in [1.82, 2.24) is 0 Å². The number of aliphatic hydroxyl groups excluding tert-OH is 1. The van der Waals surface area contributed by atoms with Gasteiger partial charge in [-0.15, -0.1) is 0 Å². The lowest BCUT2D eigenvalue weighted by Gasteiger charge is -2.26. The van der Waals surface area contributed by atoms with Crippen LogP contribution < -0.4 is 19.1 Å². The molecule has 2 heterocycles. The molecule has 1 N–H and O–H groups in total. The minimum absolute atomic E-state index is 0.00145. The molecule has 0 saturated carbocycles. The van der Waals surface area contributed by atoms with Gasteiger partial charge in [0, 0.05) is 11.8 Å². The summed E-state index contributed by atoms with van der Waals surface area (Å²) in [7, 11) is 1.51. The van der Waals surface area contributed by atoms with Crippen molar-refractivity contribution in [2.45, 2.75) is 26.8 Å². The van der Waals surface area contributed by atoms with Crippen LogP contribution in [0.15, 0.2) is 60.2 Å². The van der Waals surface area contributed by atoms with Gasteiger partial charge in [0.05, 0.1) is 24.3 Å². The first-order valence-electron chi connectivity index (χ1n) is 11.2. The van der Waals surface area contributed by atoms with Crippen molar-refractivity contribution < 1.29 is 28.9 Å². The first-order chi connectivity index (χ1) is 16.8. The van der Waals surface area contributed by atoms with E-state index in [1.54, 1.807) is 24.3 Å². The third-order valence-corrected chi connectivity index (χ3v) is 6.31. The van der Waals surface area contributed by atoms with E-state index in [1.807, 2.05) is 51.1 Å². The Morgan fingerprint density at radius 2 is 1.74 bits per heavy atom. The Morgan fingerprint density at radius 1 is 0.971 bits per heavy atom. The third-order valence-electron chi connectivity index (χ3n) is 6.31. The van der Waals surface area contributed by atoms with Crippen molar-refractivity contribution in [3.63, 3.8) is 0 Å². The fraction of sp³-hybridized carbons (Fsp3) is 0.214. The number of carbonyl (C=O) groups is 2. The molecule has 2 aliphatic rings. The number of anilines is 1. The first kappa shape index (κ1) is 22.5. The summed E-state index contributed by atoms with van der Waals surface area (Å²) in [5.41, 5.74) is 4.20. The van der Waals surface area contributed by atoms with Gasteiger partial charge >= 0.3 is 0 Å². The second-order valence-corrected chi connectivity index (χ2v) is 8.78. The monoisotopic (exact) mass is 471 g/mol. The van der Waals surface area contributed by atoms with E-state index in [1.165, 1.54) is 12.0 Å². The largest absolute Gasteiger partial charge is 0.507 e. The van der Waals surface area contributed by atoms with Crippen molar-refractivity contribution in [3.8, 4) is 17.2 Å². The van der Waals surface area contributed by atoms with Gasteiger partial charge in [0.1, 0.15) is 11.5 Å². The number of carbonyl (C=O) groups excluding carboxylic acids is 2. The zero-order chi connectivity index (χ0) is 24.9. The standard InChI is InChI=1S/C28H25NO6/c1-15-6-5-7-18(11-15)24-23(25(30)20-12-16(2)10-17(3)27(20)33-4)26(31)28(32)29(24)19-8-9-21-22(13-19)35-14-34-21/h5-13,24,30H,14H2,1-4H3/b25-23+. The Labute approximate surface area is 203 Å². The van der Waals surface area contributed by atoms with Crippen molar-refractivity contribution in [2.24, 2.45) is 0 Å². The molecule has 2 aliphatic heterocycles. The molecule has 3 aromatic rings. The number of hydrogen-bond donors (Lipinski definition) is 1. The Kier molecular flexibility index (Phi) is 5.47. The minimum Gasteiger partial charge on any atom is -0.507 e. The molecule has 35 heavy (non-hydrogen) atoms. The lowest BCUT2D eigenvalue weighted by Crippen LogP contribution is -2.29. The predicted molar refractivity (Wildman–Crippen MR) is 131 cm³/mol. The summed E-state index contributed by atoms with van der Waals surface area (Å²) in [6.07, 6.45) is 0. The Balaban J connectivity index is 1.76. The molecule has 178 valence electrons. The number of benzene rings is 3. The summed E-state index contributed by atoms with van der Waals surface area (Å²) in [6, 6.07) is 15.5. The molecule has 3 aromatic carbocycles. The molecule has 7 heteroatoms. The van der Waals surface area contributed by atoms with Crippen molar-refractivity contribution >= 4 is 23.1 Å². The molecule has 1 fully saturated rings. The maximum atomic E-state index is 13.5. The number of ether oxygens (including phenoxy) is 3. The highest BCUT2D eigenvalue weighted by molar-refractivity contribution is 6.51. The van der Waals surface area contributed by atoms with Crippen LogP contribution in [0.5, 0.6) is 17.2 Å². The van der Waals surface area contributed by atoms with Crippen LogP contribution in [0.4, 0.5) is 5.69 Å². The highest BCUT2D eigenvalue weighted by atomic mass is 16.7. The summed E-state index contributed by atoms with van der Waals surface area (Å²) >= 11 is 0. The highest BCUT2D eigenvalue weighted by Gasteiger charge is 2.47. The SMILES string of the molecule is COc1c(C)cc(C)cc1/C(O)=C1\C(=O)C(=O)N(c2ccc3c(c2)OCO3)C1c1cccc(C)c1. The Bertz CT molecular complexity index is 1410. The van der Waals surface area contributed by atoms with Gasteiger partial charge < -0.3 is 19.3 Å². The number of nitrogens with zero attached hydrogens (tertiary/aromatic N) is 1. The lowest BCUT2D eigenvalue weighted by atomic mass is 9.93. The van der Waals surface area contributed by atoms with E-state index >= 15 is 0 Å². The van der Waals surface area contributed by atoms with E-state index < -0.39 is 17.7 Å². The van der Waals surface area contributed by atoms with Crippen LogP contribution in [0.3, 0.4) is 0 Å². The summed E-state index contributed by atoms with van der Waals surface area (Å²) in [5, 5.41) is 11.5. The molecule has 0 radical (unpaired) electrons. The fourth-order valence-corrected chi connectivity index (χ4v) is 4.84. The molecule has 0 bridgehead atoms. The van der Waals surface area contributed by atoms with Crippen LogP contribution in [0.25, 0.3) is 5.76 Å². The number of aliphatic hydroxyl groups is 1. The molecule has 1 atom stereocenters. The highest BCUT2D eigenvalue weighted by Crippen LogP contribution is 2.46. The minimum atomic E-state index is -0.846. The number of Topliss-reactive ketones (excluding diaryl/α,β-unsaturated/α-hetero) is 1. The van der Waals surface area contributed by atoms with E-state index in [9.17, 15) is 14.7 Å². The Morgan fingerprint density at radius 3 is 2.49 bits per heavy atom. The molecule has 1 amide bonds. The van der Waals surface area contributed by atoms with Gasteiger partial charge in [0.25, 0.3) is 11.7 Å². The zero-order valence-corrected chi connectivity index (χ0v) is 19.9. The van der Waals surface area contributed by atoms with Crippen LogP contribution in [-0.2, 0) is 9.59 Å². The van der Waals surface area contributed by atoms with Gasteiger partial charge in [-0.3, -0.25) is 14.5 Å². The number of methoxy groups -OCH3 is 1. The second-order valence-electron chi connectivity index (χ2n) is 8.78. The van der Waals surface area contributed by atoms with Gasteiger partial charge in [-0.25, -0.2) is 0 Å².